The Morgan fingerprint density at radius 3 is 2.71 bits per heavy atom. The van der Waals surface area contributed by atoms with Gasteiger partial charge in [-0.05, 0) is 18.8 Å². The number of ether oxygens (including phenoxy) is 1. The van der Waals surface area contributed by atoms with E-state index in [2.05, 4.69) is 29.8 Å². The summed E-state index contributed by atoms with van der Waals surface area (Å²) in [4.78, 5) is 24.8. The molecule has 0 radical (unpaired) electrons. The Morgan fingerprint density at radius 2 is 2.24 bits per heavy atom. The second-order valence-corrected chi connectivity index (χ2v) is 5.51. The molecule has 98 valence electrons. The molecule has 0 aromatic heterocycles. The van der Waals surface area contributed by atoms with E-state index in [0.29, 0.717) is 30.3 Å². The summed E-state index contributed by atoms with van der Waals surface area (Å²) in [5.41, 5.74) is 0. The van der Waals surface area contributed by atoms with Gasteiger partial charge in [-0.25, -0.2) is 9.69 Å². The molecule has 1 heterocycles. The predicted molar refractivity (Wildman–Crippen MR) is 69.1 cm³/mol. The maximum Gasteiger partial charge on any atom is 0.416 e. The number of hydrogen-bond donors (Lipinski definition) is 0. The number of carbonyl (C=O) groups is 2. The lowest BCUT2D eigenvalue weighted by atomic mass is 9.94. The van der Waals surface area contributed by atoms with Crippen LogP contribution in [0.15, 0.2) is 0 Å². The van der Waals surface area contributed by atoms with E-state index in [-0.39, 0.29) is 5.91 Å². The molecule has 1 aliphatic heterocycles. The van der Waals surface area contributed by atoms with Crippen LogP contribution in [0.25, 0.3) is 0 Å². The first-order chi connectivity index (χ1) is 8.10. The minimum absolute atomic E-state index is 0.108. The molecule has 17 heavy (non-hydrogen) atoms. The van der Waals surface area contributed by atoms with E-state index in [1.807, 2.05) is 0 Å². The van der Waals surface area contributed by atoms with Gasteiger partial charge in [0.1, 0.15) is 6.61 Å². The lowest BCUT2D eigenvalue weighted by molar-refractivity contribution is -0.128. The van der Waals surface area contributed by atoms with Crippen molar-refractivity contribution < 1.29 is 14.3 Å². The molecular formula is C12H20BrNO3. The van der Waals surface area contributed by atoms with Gasteiger partial charge in [0.2, 0.25) is 5.91 Å². The van der Waals surface area contributed by atoms with Gasteiger partial charge in [-0.15, -0.1) is 0 Å². The van der Waals surface area contributed by atoms with Crippen LogP contribution in [0, 0.1) is 5.92 Å². The quantitative estimate of drug-likeness (QED) is 0.709. The van der Waals surface area contributed by atoms with Crippen molar-refractivity contribution in [2.75, 3.05) is 13.2 Å². The van der Waals surface area contributed by atoms with Crippen LogP contribution in [-0.4, -0.2) is 34.9 Å². The summed E-state index contributed by atoms with van der Waals surface area (Å²) in [5, 5.41) is 0. The summed E-state index contributed by atoms with van der Waals surface area (Å²) in [5.74, 6) is 0.190. The topological polar surface area (TPSA) is 46.6 Å². The van der Waals surface area contributed by atoms with Crippen molar-refractivity contribution in [3.63, 3.8) is 0 Å². The van der Waals surface area contributed by atoms with Gasteiger partial charge >= 0.3 is 6.09 Å². The Kier molecular flexibility index (Phi) is 5.95. The molecule has 0 saturated carbocycles. The van der Waals surface area contributed by atoms with Crippen LogP contribution in [0.1, 0.15) is 39.5 Å². The first-order valence-corrected chi connectivity index (χ1v) is 7.12. The number of nitrogens with zero attached hydrogens (tertiary/aromatic N) is 1. The highest BCUT2D eigenvalue weighted by Gasteiger charge is 2.31. The minimum Gasteiger partial charge on any atom is -0.447 e. The van der Waals surface area contributed by atoms with Gasteiger partial charge in [0.15, 0.2) is 0 Å². The van der Waals surface area contributed by atoms with Gasteiger partial charge in [-0.2, -0.15) is 0 Å². The van der Waals surface area contributed by atoms with Crippen LogP contribution in [0.5, 0.6) is 0 Å². The van der Waals surface area contributed by atoms with E-state index in [1.165, 1.54) is 4.90 Å². The largest absolute Gasteiger partial charge is 0.447 e. The molecule has 2 atom stereocenters. The van der Waals surface area contributed by atoms with E-state index in [9.17, 15) is 9.59 Å². The Labute approximate surface area is 111 Å². The van der Waals surface area contributed by atoms with Crippen LogP contribution >= 0.6 is 15.9 Å². The smallest absolute Gasteiger partial charge is 0.416 e. The third-order valence-electron chi connectivity index (χ3n) is 3.06. The SMILES string of the molecule is CCCC(CC(=O)N1CCOC1=O)C(Br)CC. The summed E-state index contributed by atoms with van der Waals surface area (Å²) in [6.45, 7) is 4.93. The summed E-state index contributed by atoms with van der Waals surface area (Å²) in [7, 11) is 0. The first-order valence-electron chi connectivity index (χ1n) is 6.21. The molecule has 1 aliphatic rings. The van der Waals surface area contributed by atoms with Crippen LogP contribution in [0.4, 0.5) is 4.79 Å². The zero-order valence-electron chi connectivity index (χ0n) is 10.4. The van der Waals surface area contributed by atoms with Crippen LogP contribution in [0.3, 0.4) is 0 Å². The molecule has 1 fully saturated rings. The van der Waals surface area contributed by atoms with Crippen molar-refractivity contribution in [2.45, 2.75) is 44.4 Å². The lowest BCUT2D eigenvalue weighted by Gasteiger charge is -2.22. The molecule has 0 aliphatic carbocycles. The normalized spacial score (nSPS) is 19.0. The molecule has 0 bridgehead atoms. The van der Waals surface area contributed by atoms with E-state index in [0.717, 1.165) is 19.3 Å². The summed E-state index contributed by atoms with van der Waals surface area (Å²) >= 11 is 3.61. The average molecular weight is 306 g/mol. The number of imide groups is 1. The fourth-order valence-electron chi connectivity index (χ4n) is 2.07. The maximum atomic E-state index is 12.0. The molecule has 5 heteroatoms. The Hall–Kier alpha value is -0.580. The van der Waals surface area contributed by atoms with E-state index < -0.39 is 6.09 Å². The van der Waals surface area contributed by atoms with Gasteiger partial charge in [0, 0.05) is 11.2 Å². The maximum absolute atomic E-state index is 12.0. The van der Waals surface area contributed by atoms with Crippen molar-refractivity contribution in [1.82, 2.24) is 4.90 Å². The highest BCUT2D eigenvalue weighted by Crippen LogP contribution is 2.26. The number of rotatable bonds is 6. The highest BCUT2D eigenvalue weighted by molar-refractivity contribution is 9.09. The fourth-order valence-corrected chi connectivity index (χ4v) is 2.52. The molecule has 0 N–H and O–H groups in total. The molecule has 0 aromatic carbocycles. The summed E-state index contributed by atoms with van der Waals surface area (Å²) in [6, 6.07) is 0. The van der Waals surface area contributed by atoms with E-state index in [1.54, 1.807) is 0 Å². The molecule has 4 nitrogen and oxygen atoms in total. The Bertz CT molecular complexity index is 283. The molecule has 0 aromatic rings. The minimum atomic E-state index is -0.493. The number of hydrogen-bond acceptors (Lipinski definition) is 3. The second kappa shape index (κ2) is 6.99. The van der Waals surface area contributed by atoms with Gasteiger partial charge < -0.3 is 4.74 Å². The first kappa shape index (κ1) is 14.5. The molecule has 0 spiro atoms. The van der Waals surface area contributed by atoms with Crippen molar-refractivity contribution in [1.29, 1.82) is 0 Å². The van der Waals surface area contributed by atoms with E-state index >= 15 is 0 Å². The highest BCUT2D eigenvalue weighted by atomic mass is 79.9. The number of carbonyl (C=O) groups excluding carboxylic acids is 2. The fraction of sp³-hybridized carbons (Fsp3) is 0.833. The monoisotopic (exact) mass is 305 g/mol. The Balaban J connectivity index is 2.54. The zero-order valence-corrected chi connectivity index (χ0v) is 12.0. The molecule has 2 unspecified atom stereocenters. The average Bonchev–Trinajstić information content (AvgIpc) is 2.73. The molecule has 2 amide bonds. The van der Waals surface area contributed by atoms with Crippen molar-refractivity contribution in [2.24, 2.45) is 5.92 Å². The van der Waals surface area contributed by atoms with Crippen LogP contribution < -0.4 is 0 Å². The lowest BCUT2D eigenvalue weighted by Crippen LogP contribution is -2.34. The van der Waals surface area contributed by atoms with E-state index in [4.69, 9.17) is 4.74 Å². The number of amides is 2. The van der Waals surface area contributed by atoms with Crippen LogP contribution in [0.2, 0.25) is 0 Å². The summed E-state index contributed by atoms with van der Waals surface area (Å²) in [6.07, 6.45) is 2.96. The zero-order chi connectivity index (χ0) is 12.8. The number of halogens is 1. The number of cyclic esters (lactones) is 1. The number of alkyl halides is 1. The van der Waals surface area contributed by atoms with Gasteiger partial charge in [-0.3, -0.25) is 4.79 Å². The molecule has 1 saturated heterocycles. The Morgan fingerprint density at radius 1 is 1.53 bits per heavy atom. The van der Waals surface area contributed by atoms with Crippen LogP contribution in [-0.2, 0) is 9.53 Å². The third-order valence-corrected chi connectivity index (χ3v) is 4.45. The molecule has 1 rings (SSSR count). The molecular weight excluding hydrogens is 286 g/mol. The standard InChI is InChI=1S/C12H20BrNO3/c1-3-5-9(10(13)4-2)8-11(15)14-6-7-17-12(14)16/h9-10H,3-8H2,1-2H3. The summed E-state index contributed by atoms with van der Waals surface area (Å²) < 4.78 is 4.77. The van der Waals surface area contributed by atoms with Crippen molar-refractivity contribution >= 4 is 27.9 Å². The third kappa shape index (κ3) is 3.98. The predicted octanol–water partition coefficient (Wildman–Crippen LogP) is 2.95. The van der Waals surface area contributed by atoms with Crippen molar-refractivity contribution in [3.05, 3.63) is 0 Å². The van der Waals surface area contributed by atoms with Gasteiger partial charge in [0.25, 0.3) is 0 Å². The van der Waals surface area contributed by atoms with Gasteiger partial charge in [-0.1, -0.05) is 36.2 Å². The van der Waals surface area contributed by atoms with Gasteiger partial charge in [0.05, 0.1) is 6.54 Å². The second-order valence-electron chi connectivity index (χ2n) is 4.34. The van der Waals surface area contributed by atoms with Crippen molar-refractivity contribution in [3.8, 4) is 0 Å².